The van der Waals surface area contributed by atoms with Gasteiger partial charge in [-0.25, -0.2) is 0 Å². The third-order valence-corrected chi connectivity index (χ3v) is 6.16. The van der Waals surface area contributed by atoms with E-state index in [0.29, 0.717) is 24.1 Å². The summed E-state index contributed by atoms with van der Waals surface area (Å²) < 4.78 is 5.40. The molecule has 0 saturated carbocycles. The SMILES string of the molecule is COc1ccc2c(c1)/C(=C/C(=O)c1cccc(C(=O)N(C)CCc3ccccn3)c1)NC(C)(C)C2. The van der Waals surface area contributed by atoms with Crippen LogP contribution in [-0.2, 0) is 12.8 Å². The van der Waals surface area contributed by atoms with Gasteiger partial charge in [0, 0.05) is 65.9 Å². The third kappa shape index (κ3) is 5.77. The first kappa shape index (κ1) is 24.2. The van der Waals surface area contributed by atoms with Crippen molar-refractivity contribution in [3.8, 4) is 5.75 Å². The van der Waals surface area contributed by atoms with Crippen LogP contribution in [0.3, 0.4) is 0 Å². The van der Waals surface area contributed by atoms with Crippen molar-refractivity contribution in [1.82, 2.24) is 15.2 Å². The lowest BCUT2D eigenvalue weighted by Crippen LogP contribution is -2.43. The van der Waals surface area contributed by atoms with E-state index in [0.717, 1.165) is 34.7 Å². The predicted octanol–water partition coefficient (Wildman–Crippen LogP) is 4.55. The molecule has 0 aliphatic carbocycles. The summed E-state index contributed by atoms with van der Waals surface area (Å²) >= 11 is 0. The zero-order valence-corrected chi connectivity index (χ0v) is 20.7. The Labute approximate surface area is 206 Å². The number of carbonyl (C=O) groups excluding carboxylic acids is 2. The maximum atomic E-state index is 13.3. The van der Waals surface area contributed by atoms with Crippen molar-refractivity contribution in [1.29, 1.82) is 0 Å². The maximum Gasteiger partial charge on any atom is 0.253 e. The smallest absolute Gasteiger partial charge is 0.253 e. The van der Waals surface area contributed by atoms with Gasteiger partial charge in [-0.15, -0.1) is 0 Å². The molecular formula is C29H31N3O3. The predicted molar refractivity (Wildman–Crippen MR) is 138 cm³/mol. The van der Waals surface area contributed by atoms with E-state index in [9.17, 15) is 9.59 Å². The number of aromatic nitrogens is 1. The van der Waals surface area contributed by atoms with E-state index >= 15 is 0 Å². The number of fused-ring (bicyclic) bond motifs is 1. The number of nitrogens with zero attached hydrogens (tertiary/aromatic N) is 2. The Hall–Kier alpha value is -3.93. The summed E-state index contributed by atoms with van der Waals surface area (Å²) in [4.78, 5) is 32.2. The topological polar surface area (TPSA) is 71.5 Å². The molecule has 0 unspecified atom stereocenters. The summed E-state index contributed by atoms with van der Waals surface area (Å²) in [5.74, 6) is 0.449. The fraction of sp³-hybridized carbons (Fsp3) is 0.276. The van der Waals surface area contributed by atoms with E-state index in [4.69, 9.17) is 4.74 Å². The van der Waals surface area contributed by atoms with Crippen molar-refractivity contribution in [2.75, 3.05) is 20.7 Å². The van der Waals surface area contributed by atoms with Crippen molar-refractivity contribution >= 4 is 17.4 Å². The Morgan fingerprint density at radius 3 is 2.63 bits per heavy atom. The number of hydrogen-bond donors (Lipinski definition) is 1. The van der Waals surface area contributed by atoms with E-state index in [-0.39, 0.29) is 17.2 Å². The average Bonchev–Trinajstić information content (AvgIpc) is 2.86. The van der Waals surface area contributed by atoms with Gasteiger partial charge in [-0.2, -0.15) is 0 Å². The molecule has 1 aliphatic heterocycles. The quantitative estimate of drug-likeness (QED) is 0.406. The minimum Gasteiger partial charge on any atom is -0.497 e. The lowest BCUT2D eigenvalue weighted by molar-refractivity contribution is 0.0796. The number of likely N-dealkylation sites (N-methyl/N-ethyl adjacent to an activating group) is 1. The van der Waals surface area contributed by atoms with Crippen LogP contribution in [0.5, 0.6) is 5.75 Å². The minimum absolute atomic E-state index is 0.129. The van der Waals surface area contributed by atoms with Gasteiger partial charge in [-0.1, -0.05) is 24.3 Å². The molecule has 35 heavy (non-hydrogen) atoms. The first-order chi connectivity index (χ1) is 16.8. The van der Waals surface area contributed by atoms with Gasteiger partial charge in [-0.3, -0.25) is 14.6 Å². The van der Waals surface area contributed by atoms with Gasteiger partial charge in [0.1, 0.15) is 5.75 Å². The number of ether oxygens (including phenoxy) is 1. The number of rotatable bonds is 7. The van der Waals surface area contributed by atoms with Crippen LogP contribution in [0, 0.1) is 0 Å². The van der Waals surface area contributed by atoms with Crippen LogP contribution in [0.2, 0.25) is 0 Å². The zero-order valence-electron chi connectivity index (χ0n) is 20.7. The first-order valence-electron chi connectivity index (χ1n) is 11.7. The number of nitrogens with one attached hydrogen (secondary N) is 1. The second-order valence-corrected chi connectivity index (χ2v) is 9.51. The van der Waals surface area contributed by atoms with Gasteiger partial charge in [0.25, 0.3) is 5.91 Å². The number of ketones is 1. The number of allylic oxidation sites excluding steroid dienone is 1. The molecule has 6 heteroatoms. The first-order valence-corrected chi connectivity index (χ1v) is 11.7. The van der Waals surface area contributed by atoms with E-state index in [1.807, 2.05) is 30.3 Å². The summed E-state index contributed by atoms with van der Waals surface area (Å²) in [6.45, 7) is 4.76. The Balaban J connectivity index is 1.54. The van der Waals surface area contributed by atoms with Crippen LogP contribution >= 0.6 is 0 Å². The molecule has 0 saturated heterocycles. The molecule has 1 amide bonds. The Kier molecular flexibility index (Phi) is 7.01. The fourth-order valence-electron chi connectivity index (χ4n) is 4.32. The molecule has 4 rings (SSSR count). The van der Waals surface area contributed by atoms with Crippen molar-refractivity contribution in [3.63, 3.8) is 0 Å². The van der Waals surface area contributed by atoms with Crippen LogP contribution < -0.4 is 10.1 Å². The highest BCUT2D eigenvalue weighted by atomic mass is 16.5. The number of benzene rings is 2. The van der Waals surface area contributed by atoms with Crippen LogP contribution in [0.25, 0.3) is 5.70 Å². The normalized spacial score (nSPS) is 15.1. The lowest BCUT2D eigenvalue weighted by atomic mass is 9.85. The molecule has 0 fully saturated rings. The Morgan fingerprint density at radius 2 is 1.89 bits per heavy atom. The van der Waals surface area contributed by atoms with Crippen LogP contribution in [0.1, 0.15) is 51.4 Å². The molecule has 0 spiro atoms. The fourth-order valence-corrected chi connectivity index (χ4v) is 4.32. The number of hydrogen-bond acceptors (Lipinski definition) is 5. The summed E-state index contributed by atoms with van der Waals surface area (Å²) in [6, 6.07) is 18.6. The van der Waals surface area contributed by atoms with Crippen molar-refractivity contribution in [2.24, 2.45) is 0 Å². The summed E-state index contributed by atoms with van der Waals surface area (Å²) in [5.41, 5.74) is 4.56. The molecule has 6 nitrogen and oxygen atoms in total. The van der Waals surface area contributed by atoms with E-state index in [2.05, 4.69) is 30.2 Å². The molecule has 180 valence electrons. The van der Waals surface area contributed by atoms with Gasteiger partial charge >= 0.3 is 0 Å². The molecule has 3 aromatic rings. The van der Waals surface area contributed by atoms with E-state index in [1.165, 1.54) is 0 Å². The second-order valence-electron chi connectivity index (χ2n) is 9.51. The molecule has 0 bridgehead atoms. The van der Waals surface area contributed by atoms with E-state index < -0.39 is 0 Å². The van der Waals surface area contributed by atoms with Crippen LogP contribution in [0.15, 0.2) is 72.9 Å². The van der Waals surface area contributed by atoms with Crippen LogP contribution in [0.4, 0.5) is 0 Å². The molecule has 1 N–H and O–H groups in total. The molecule has 0 atom stereocenters. The highest BCUT2D eigenvalue weighted by Crippen LogP contribution is 2.32. The van der Waals surface area contributed by atoms with Gasteiger partial charge < -0.3 is 15.0 Å². The number of carbonyl (C=O) groups is 2. The summed E-state index contributed by atoms with van der Waals surface area (Å²) in [6.07, 6.45) is 4.87. The van der Waals surface area contributed by atoms with Crippen molar-refractivity contribution in [3.05, 3.63) is 101 Å². The molecule has 2 heterocycles. The summed E-state index contributed by atoms with van der Waals surface area (Å²) in [5, 5.41) is 3.49. The van der Waals surface area contributed by atoms with Gasteiger partial charge in [0.15, 0.2) is 5.78 Å². The second kappa shape index (κ2) is 10.1. The highest BCUT2D eigenvalue weighted by Gasteiger charge is 2.28. The Morgan fingerprint density at radius 1 is 1.09 bits per heavy atom. The van der Waals surface area contributed by atoms with Gasteiger partial charge in [0.05, 0.1) is 7.11 Å². The molecule has 1 aliphatic rings. The third-order valence-electron chi connectivity index (χ3n) is 6.16. The molecule has 1 aromatic heterocycles. The number of pyridine rings is 1. The van der Waals surface area contributed by atoms with Gasteiger partial charge in [-0.05, 0) is 62.2 Å². The van der Waals surface area contributed by atoms with Crippen molar-refractivity contribution in [2.45, 2.75) is 32.2 Å². The zero-order chi connectivity index (χ0) is 25.0. The summed E-state index contributed by atoms with van der Waals surface area (Å²) in [7, 11) is 3.40. The largest absolute Gasteiger partial charge is 0.497 e. The average molecular weight is 470 g/mol. The Bertz CT molecular complexity index is 1270. The highest BCUT2D eigenvalue weighted by molar-refractivity contribution is 6.10. The number of amides is 1. The standard InChI is InChI=1S/C29H31N3O3/c1-29(2)19-22-11-12-24(35-4)17-25(22)26(31-29)18-27(33)20-8-7-9-21(16-20)28(34)32(3)15-13-23-10-5-6-14-30-23/h5-12,14,16-18,31H,13,15,19H2,1-4H3/b26-18-. The minimum atomic E-state index is -0.193. The lowest BCUT2D eigenvalue weighted by Gasteiger charge is -2.35. The number of methoxy groups -OCH3 is 1. The molecular weight excluding hydrogens is 438 g/mol. The van der Waals surface area contributed by atoms with Crippen molar-refractivity contribution < 1.29 is 14.3 Å². The molecule has 2 aromatic carbocycles. The van der Waals surface area contributed by atoms with Gasteiger partial charge in [0.2, 0.25) is 0 Å². The van der Waals surface area contributed by atoms with E-state index in [1.54, 1.807) is 55.6 Å². The monoisotopic (exact) mass is 469 g/mol. The molecule has 0 radical (unpaired) electrons. The maximum absolute atomic E-state index is 13.3. The van der Waals surface area contributed by atoms with Crippen LogP contribution in [-0.4, -0.2) is 47.8 Å².